The lowest BCUT2D eigenvalue weighted by atomic mass is 9.77. The fourth-order valence-electron chi connectivity index (χ4n) is 1.96. The molecule has 7 heteroatoms. The Morgan fingerprint density at radius 3 is 2.52 bits per heavy atom. The molecule has 1 atom stereocenters. The number of nitrogens with zero attached hydrogens (tertiary/aromatic N) is 2. The quantitative estimate of drug-likeness (QED) is 0.450. The number of alkyl halides is 2. The smallest absolute Gasteiger partial charge is 0.249 e. The molecule has 0 aromatic carbocycles. The first-order valence-corrected chi connectivity index (χ1v) is 8.50. The second kappa shape index (κ2) is 5.93. The van der Waals surface area contributed by atoms with Crippen LogP contribution in [0.1, 0.15) is 39.3 Å². The van der Waals surface area contributed by atoms with Gasteiger partial charge in [0.05, 0.1) is 5.69 Å². The molecule has 1 aromatic rings. The Morgan fingerprint density at radius 2 is 2.05 bits per heavy atom. The topological polar surface area (TPSA) is 48.3 Å². The summed E-state index contributed by atoms with van der Waals surface area (Å²) in [5, 5.41) is 0. The predicted octanol–water partition coefficient (Wildman–Crippen LogP) is 4.14. The molecule has 0 aliphatic heterocycles. The number of halogens is 3. The Labute approximate surface area is 134 Å². The molecule has 0 N–H and O–H groups in total. The number of hydrogen-bond acceptors (Lipinski definition) is 3. The van der Waals surface area contributed by atoms with Crippen LogP contribution in [0.15, 0.2) is 27.2 Å². The van der Waals surface area contributed by atoms with Gasteiger partial charge >= 0.3 is 0 Å². The molecule has 0 bridgehead atoms. The second-order valence-electron chi connectivity index (χ2n) is 6.14. The molecule has 1 unspecified atom stereocenters. The largest absolute Gasteiger partial charge is 0.591 e. The van der Waals surface area contributed by atoms with E-state index in [-0.39, 0.29) is 12.8 Å². The van der Waals surface area contributed by atoms with E-state index in [2.05, 4.69) is 25.3 Å². The first-order valence-electron chi connectivity index (χ1n) is 6.60. The number of hydrogen-bond donors (Lipinski definition) is 0. The van der Waals surface area contributed by atoms with Gasteiger partial charge in [0.2, 0.25) is 5.92 Å². The maximum absolute atomic E-state index is 13.2. The highest BCUT2D eigenvalue weighted by molar-refractivity contribution is 9.10. The minimum Gasteiger partial charge on any atom is -0.591 e. The van der Waals surface area contributed by atoms with E-state index >= 15 is 0 Å². The van der Waals surface area contributed by atoms with Crippen LogP contribution in [0, 0.1) is 5.92 Å². The third-order valence-electron chi connectivity index (χ3n) is 3.16. The molecule has 1 aliphatic rings. The molecule has 1 aromatic heterocycles. The van der Waals surface area contributed by atoms with Crippen molar-refractivity contribution in [3.63, 3.8) is 0 Å². The SMILES string of the molecule is CC(C)(C)[S+]([O-])/N=C(/c1cccc(Br)n1)C1CC(F)(F)C1. The van der Waals surface area contributed by atoms with Gasteiger partial charge in [-0.1, -0.05) is 10.5 Å². The van der Waals surface area contributed by atoms with Gasteiger partial charge in [-0.15, -0.1) is 0 Å². The molecule has 1 heterocycles. The highest BCUT2D eigenvalue weighted by Crippen LogP contribution is 2.44. The van der Waals surface area contributed by atoms with Crippen molar-refractivity contribution < 1.29 is 13.3 Å². The molecule has 0 saturated heterocycles. The summed E-state index contributed by atoms with van der Waals surface area (Å²) in [6.07, 6.45) is -0.525. The van der Waals surface area contributed by atoms with Gasteiger partial charge in [0.25, 0.3) is 0 Å². The highest BCUT2D eigenvalue weighted by Gasteiger charge is 2.49. The second-order valence-corrected chi connectivity index (χ2v) is 8.86. The molecule has 1 aliphatic carbocycles. The maximum atomic E-state index is 13.2. The molecule has 0 radical (unpaired) electrons. The van der Waals surface area contributed by atoms with Crippen molar-refractivity contribution in [2.45, 2.75) is 44.3 Å². The van der Waals surface area contributed by atoms with Crippen LogP contribution in [0.5, 0.6) is 0 Å². The lowest BCUT2D eigenvalue weighted by Crippen LogP contribution is -2.41. The Balaban J connectivity index is 2.34. The maximum Gasteiger partial charge on any atom is 0.249 e. The fraction of sp³-hybridized carbons (Fsp3) is 0.571. The van der Waals surface area contributed by atoms with Gasteiger partial charge in [-0.2, -0.15) is 0 Å². The van der Waals surface area contributed by atoms with Crippen LogP contribution in [0.4, 0.5) is 8.78 Å². The highest BCUT2D eigenvalue weighted by atomic mass is 79.9. The Kier molecular flexibility index (Phi) is 4.75. The van der Waals surface area contributed by atoms with Crippen LogP contribution < -0.4 is 0 Å². The Bertz CT molecular complexity index is 552. The van der Waals surface area contributed by atoms with Gasteiger partial charge in [-0.3, -0.25) is 0 Å². The summed E-state index contributed by atoms with van der Waals surface area (Å²) >= 11 is 1.76. The third kappa shape index (κ3) is 4.23. The summed E-state index contributed by atoms with van der Waals surface area (Å²) in [7, 11) is 0. The summed E-state index contributed by atoms with van der Waals surface area (Å²) in [4.78, 5) is 4.27. The number of aromatic nitrogens is 1. The van der Waals surface area contributed by atoms with Gasteiger partial charge in [-0.05, 0) is 48.8 Å². The zero-order chi connectivity index (χ0) is 15.8. The molecular formula is C14H17BrF2N2OS. The van der Waals surface area contributed by atoms with Crippen LogP contribution in [0.25, 0.3) is 0 Å². The standard InChI is InChI=1S/C14H17BrF2N2OS/c1-13(2,3)21(20)19-12(9-7-14(16,17)8-9)10-5-4-6-11(15)18-10/h4-6,9H,7-8H2,1-3H3/b19-12+. The van der Waals surface area contributed by atoms with E-state index in [1.165, 1.54) is 0 Å². The monoisotopic (exact) mass is 378 g/mol. The summed E-state index contributed by atoms with van der Waals surface area (Å²) in [6.45, 7) is 5.40. The Morgan fingerprint density at radius 1 is 1.43 bits per heavy atom. The van der Waals surface area contributed by atoms with Gasteiger partial charge in [0.15, 0.2) is 0 Å². The first kappa shape index (κ1) is 16.8. The van der Waals surface area contributed by atoms with E-state index in [1.54, 1.807) is 39.0 Å². The van der Waals surface area contributed by atoms with Crippen molar-refractivity contribution in [3.8, 4) is 0 Å². The van der Waals surface area contributed by atoms with E-state index in [0.29, 0.717) is 16.0 Å². The van der Waals surface area contributed by atoms with E-state index in [1.807, 2.05) is 0 Å². The zero-order valence-corrected chi connectivity index (χ0v) is 14.5. The minimum absolute atomic E-state index is 0.263. The lowest BCUT2D eigenvalue weighted by Gasteiger charge is -2.35. The van der Waals surface area contributed by atoms with Crippen LogP contribution >= 0.6 is 15.9 Å². The van der Waals surface area contributed by atoms with E-state index in [4.69, 9.17) is 0 Å². The zero-order valence-electron chi connectivity index (χ0n) is 12.1. The normalized spacial score (nSPS) is 21.0. The third-order valence-corrected chi connectivity index (χ3v) is 5.01. The molecule has 0 amide bonds. The van der Waals surface area contributed by atoms with Crippen molar-refractivity contribution >= 4 is 33.0 Å². The number of pyridine rings is 1. The van der Waals surface area contributed by atoms with Crippen molar-refractivity contribution in [2.24, 2.45) is 10.3 Å². The van der Waals surface area contributed by atoms with Crippen LogP contribution in [0.3, 0.4) is 0 Å². The van der Waals surface area contributed by atoms with Crippen LogP contribution in [-0.2, 0) is 11.4 Å². The molecule has 1 saturated carbocycles. The molecule has 0 spiro atoms. The van der Waals surface area contributed by atoms with Gasteiger partial charge in [0, 0.05) is 18.8 Å². The van der Waals surface area contributed by atoms with Crippen molar-refractivity contribution in [1.29, 1.82) is 0 Å². The minimum atomic E-state index is -2.65. The molecule has 1 fully saturated rings. The van der Waals surface area contributed by atoms with Crippen LogP contribution in [0.2, 0.25) is 0 Å². The molecular weight excluding hydrogens is 362 g/mol. The van der Waals surface area contributed by atoms with E-state index < -0.39 is 27.9 Å². The first-order chi connectivity index (χ1) is 9.58. The fourth-order valence-corrected chi connectivity index (χ4v) is 3.00. The summed E-state index contributed by atoms with van der Waals surface area (Å²) in [5.41, 5.74) is 0.915. The molecule has 3 nitrogen and oxygen atoms in total. The summed E-state index contributed by atoms with van der Waals surface area (Å²) in [6, 6.07) is 5.22. The van der Waals surface area contributed by atoms with Crippen molar-refractivity contribution in [2.75, 3.05) is 0 Å². The summed E-state index contributed by atoms with van der Waals surface area (Å²) < 4.78 is 42.8. The van der Waals surface area contributed by atoms with E-state index in [9.17, 15) is 13.3 Å². The number of rotatable bonds is 3. The molecule has 116 valence electrons. The van der Waals surface area contributed by atoms with Crippen molar-refractivity contribution in [1.82, 2.24) is 4.98 Å². The average molecular weight is 379 g/mol. The molecule has 2 rings (SSSR count). The van der Waals surface area contributed by atoms with Crippen LogP contribution in [-0.4, -0.2) is 25.9 Å². The van der Waals surface area contributed by atoms with Gasteiger partial charge < -0.3 is 4.55 Å². The Hall–Kier alpha value is -0.530. The predicted molar refractivity (Wildman–Crippen MR) is 84.0 cm³/mol. The molecule has 21 heavy (non-hydrogen) atoms. The lowest BCUT2D eigenvalue weighted by molar-refractivity contribution is -0.0907. The van der Waals surface area contributed by atoms with E-state index in [0.717, 1.165) is 0 Å². The average Bonchev–Trinajstić information content (AvgIpc) is 2.31. The van der Waals surface area contributed by atoms with Gasteiger partial charge in [-0.25, -0.2) is 13.8 Å². The summed E-state index contributed by atoms with van der Waals surface area (Å²) in [5.74, 6) is -3.05. The van der Waals surface area contributed by atoms with Crippen molar-refractivity contribution in [3.05, 3.63) is 28.5 Å². The van der Waals surface area contributed by atoms with Gasteiger partial charge in [0.1, 0.15) is 26.4 Å².